The largest absolute Gasteiger partial charge is 0.494 e. The Bertz CT molecular complexity index is 496. The van der Waals surface area contributed by atoms with Gasteiger partial charge in [-0.05, 0) is 47.5 Å². The molecule has 1 aromatic carbocycles. The van der Waals surface area contributed by atoms with Crippen molar-refractivity contribution in [3.63, 3.8) is 0 Å². The van der Waals surface area contributed by atoms with Crippen molar-refractivity contribution in [3.05, 3.63) is 33.9 Å². The normalized spacial score (nSPS) is 10.4. The van der Waals surface area contributed by atoms with Gasteiger partial charge in [0.1, 0.15) is 5.75 Å². The van der Waals surface area contributed by atoms with E-state index in [-0.39, 0.29) is 0 Å². The van der Waals surface area contributed by atoms with Crippen LogP contribution in [0.3, 0.4) is 0 Å². The first-order valence-electron chi connectivity index (χ1n) is 5.07. The lowest BCUT2D eigenvalue weighted by Gasteiger charge is -2.04. The Morgan fingerprint density at radius 2 is 2.25 bits per heavy atom. The van der Waals surface area contributed by atoms with Crippen LogP contribution in [-0.4, -0.2) is 11.6 Å². The molecule has 1 aromatic heterocycles. The van der Waals surface area contributed by atoms with Gasteiger partial charge in [0.2, 0.25) is 0 Å². The highest BCUT2D eigenvalue weighted by Crippen LogP contribution is 2.33. The van der Waals surface area contributed by atoms with Gasteiger partial charge in [-0.15, -0.1) is 11.3 Å². The Balaban J connectivity index is 2.40. The summed E-state index contributed by atoms with van der Waals surface area (Å²) in [5.74, 6) is 0.906. The molecule has 0 saturated carbocycles. The molecule has 2 nitrogen and oxygen atoms in total. The van der Waals surface area contributed by atoms with Crippen molar-refractivity contribution in [2.45, 2.75) is 13.8 Å². The molecule has 0 amide bonds. The fraction of sp³-hybridized carbons (Fsp3) is 0.250. The maximum atomic E-state index is 5.49. The molecule has 0 atom stereocenters. The first-order chi connectivity index (χ1) is 7.70. The maximum Gasteiger partial charge on any atom is 0.159 e. The van der Waals surface area contributed by atoms with Gasteiger partial charge in [0.15, 0.2) is 3.92 Å². The first kappa shape index (κ1) is 11.6. The highest BCUT2D eigenvalue weighted by molar-refractivity contribution is 9.11. The van der Waals surface area contributed by atoms with Crippen LogP contribution in [0.2, 0.25) is 0 Å². The number of thiazole rings is 1. The van der Waals surface area contributed by atoms with Crippen LogP contribution >= 0.6 is 27.3 Å². The molecular weight excluding hydrogens is 286 g/mol. The lowest BCUT2D eigenvalue weighted by Crippen LogP contribution is -1.91. The van der Waals surface area contributed by atoms with Crippen LogP contribution in [0, 0.1) is 6.92 Å². The van der Waals surface area contributed by atoms with Crippen LogP contribution in [0.25, 0.3) is 10.4 Å². The predicted molar refractivity (Wildman–Crippen MR) is 71.2 cm³/mol. The van der Waals surface area contributed by atoms with Crippen LogP contribution in [-0.2, 0) is 0 Å². The molecule has 0 fully saturated rings. The second-order valence-electron chi connectivity index (χ2n) is 3.34. The van der Waals surface area contributed by atoms with Gasteiger partial charge < -0.3 is 4.74 Å². The topological polar surface area (TPSA) is 22.1 Å². The predicted octanol–water partition coefficient (Wildman–Crippen LogP) is 4.28. The number of benzene rings is 1. The third kappa shape index (κ3) is 2.44. The summed E-state index contributed by atoms with van der Waals surface area (Å²) in [5, 5.41) is 0. The number of ether oxygens (including phenoxy) is 1. The number of hydrogen-bond acceptors (Lipinski definition) is 3. The van der Waals surface area contributed by atoms with E-state index in [1.54, 1.807) is 11.3 Å². The summed E-state index contributed by atoms with van der Waals surface area (Å²) in [4.78, 5) is 5.55. The number of halogens is 1. The van der Waals surface area contributed by atoms with Gasteiger partial charge in [0.05, 0.1) is 17.2 Å². The Morgan fingerprint density at radius 1 is 1.44 bits per heavy atom. The van der Waals surface area contributed by atoms with Crippen molar-refractivity contribution in [1.82, 2.24) is 4.98 Å². The van der Waals surface area contributed by atoms with Crippen LogP contribution in [0.4, 0.5) is 0 Å². The van der Waals surface area contributed by atoms with E-state index >= 15 is 0 Å². The molecule has 4 heteroatoms. The molecule has 1 heterocycles. The highest BCUT2D eigenvalue weighted by atomic mass is 79.9. The molecule has 0 aliphatic heterocycles. The zero-order valence-corrected chi connectivity index (χ0v) is 11.6. The summed E-state index contributed by atoms with van der Waals surface area (Å²) < 4.78 is 6.41. The van der Waals surface area contributed by atoms with Gasteiger partial charge in [-0.25, -0.2) is 4.98 Å². The molecule has 0 saturated heterocycles. The van der Waals surface area contributed by atoms with Crippen molar-refractivity contribution in [1.29, 1.82) is 0 Å². The van der Waals surface area contributed by atoms with Crippen molar-refractivity contribution < 1.29 is 4.74 Å². The monoisotopic (exact) mass is 297 g/mol. The van der Waals surface area contributed by atoms with E-state index in [9.17, 15) is 0 Å². The van der Waals surface area contributed by atoms with Gasteiger partial charge in [0, 0.05) is 0 Å². The van der Waals surface area contributed by atoms with E-state index < -0.39 is 0 Å². The summed E-state index contributed by atoms with van der Waals surface area (Å²) in [6.07, 6.45) is 0. The van der Waals surface area contributed by atoms with E-state index in [1.807, 2.05) is 26.0 Å². The Kier molecular flexibility index (Phi) is 3.61. The number of nitrogens with zero attached hydrogens (tertiary/aromatic N) is 1. The van der Waals surface area contributed by atoms with Crippen LogP contribution in [0.15, 0.2) is 28.2 Å². The standard InChI is InChI=1S/C12H12BrNOS/c1-3-15-10-6-4-5-9(7-10)11-8(2)14-12(13)16-11/h4-7H,3H2,1-2H3. The van der Waals surface area contributed by atoms with Gasteiger partial charge >= 0.3 is 0 Å². The number of aryl methyl sites for hydroxylation is 1. The summed E-state index contributed by atoms with van der Waals surface area (Å²) in [6, 6.07) is 8.11. The molecule has 0 aliphatic rings. The SMILES string of the molecule is CCOc1cccc(-c2sc(Br)nc2C)c1. The average Bonchev–Trinajstić information content (AvgIpc) is 2.59. The quantitative estimate of drug-likeness (QED) is 0.843. The smallest absolute Gasteiger partial charge is 0.159 e. The molecule has 0 N–H and O–H groups in total. The molecule has 2 rings (SSSR count). The number of hydrogen-bond donors (Lipinski definition) is 0. The summed E-state index contributed by atoms with van der Waals surface area (Å²) in [6.45, 7) is 4.69. The van der Waals surface area contributed by atoms with Crippen LogP contribution < -0.4 is 4.74 Å². The minimum absolute atomic E-state index is 0.689. The summed E-state index contributed by atoms with van der Waals surface area (Å²) >= 11 is 5.05. The zero-order valence-electron chi connectivity index (χ0n) is 9.16. The number of aromatic nitrogens is 1. The zero-order chi connectivity index (χ0) is 11.5. The van der Waals surface area contributed by atoms with Crippen molar-refractivity contribution in [2.24, 2.45) is 0 Å². The van der Waals surface area contributed by atoms with Crippen molar-refractivity contribution in [2.75, 3.05) is 6.61 Å². The summed E-state index contributed by atoms with van der Waals surface area (Å²) in [7, 11) is 0. The molecule has 0 radical (unpaired) electrons. The highest BCUT2D eigenvalue weighted by Gasteiger charge is 2.08. The third-order valence-corrected chi connectivity index (χ3v) is 3.84. The van der Waals surface area contributed by atoms with E-state index in [4.69, 9.17) is 4.74 Å². The molecule has 0 spiro atoms. The van der Waals surface area contributed by atoms with Crippen LogP contribution in [0.5, 0.6) is 5.75 Å². The second kappa shape index (κ2) is 4.97. The third-order valence-electron chi connectivity index (χ3n) is 2.18. The molecule has 16 heavy (non-hydrogen) atoms. The molecule has 84 valence electrons. The van der Waals surface area contributed by atoms with Gasteiger partial charge in [-0.1, -0.05) is 12.1 Å². The van der Waals surface area contributed by atoms with Crippen molar-refractivity contribution in [3.8, 4) is 16.2 Å². The molecular formula is C12H12BrNOS. The lowest BCUT2D eigenvalue weighted by atomic mass is 10.1. The second-order valence-corrected chi connectivity index (χ2v) is 5.62. The van der Waals surface area contributed by atoms with Gasteiger partial charge in [-0.2, -0.15) is 0 Å². The van der Waals surface area contributed by atoms with E-state index in [2.05, 4.69) is 33.0 Å². The fourth-order valence-electron chi connectivity index (χ4n) is 1.53. The molecule has 0 bridgehead atoms. The minimum Gasteiger partial charge on any atom is -0.494 e. The van der Waals surface area contributed by atoms with Gasteiger partial charge in [0.25, 0.3) is 0 Å². The summed E-state index contributed by atoms with van der Waals surface area (Å²) in [5.41, 5.74) is 2.21. The molecule has 0 unspecified atom stereocenters. The van der Waals surface area contributed by atoms with E-state index in [0.29, 0.717) is 6.61 Å². The molecule has 2 aromatic rings. The number of rotatable bonds is 3. The van der Waals surface area contributed by atoms with E-state index in [0.717, 1.165) is 20.9 Å². The Labute approximate surface area is 107 Å². The fourth-order valence-corrected chi connectivity index (χ4v) is 3.07. The molecule has 0 aliphatic carbocycles. The van der Waals surface area contributed by atoms with Crippen molar-refractivity contribution >= 4 is 27.3 Å². The van der Waals surface area contributed by atoms with E-state index in [1.165, 1.54) is 4.88 Å². The Hall–Kier alpha value is -0.870. The first-order valence-corrected chi connectivity index (χ1v) is 6.68. The maximum absolute atomic E-state index is 5.49. The lowest BCUT2D eigenvalue weighted by molar-refractivity contribution is 0.340. The Morgan fingerprint density at radius 3 is 2.88 bits per heavy atom. The van der Waals surface area contributed by atoms with Gasteiger partial charge in [-0.3, -0.25) is 0 Å². The average molecular weight is 298 g/mol. The minimum atomic E-state index is 0.689. The van der Waals surface area contributed by atoms with Crippen LogP contribution in [0.1, 0.15) is 12.6 Å².